The summed E-state index contributed by atoms with van der Waals surface area (Å²) in [7, 11) is 0. The van der Waals surface area contributed by atoms with E-state index in [0.717, 1.165) is 90.5 Å². The topological polar surface area (TPSA) is 139 Å². The maximum absolute atomic E-state index is 13.5. The maximum atomic E-state index is 13.5. The van der Waals surface area contributed by atoms with Gasteiger partial charge < -0.3 is 20.1 Å². The maximum Gasteiger partial charge on any atom is 0.490 e. The highest BCUT2D eigenvalue weighted by atomic mass is 19.4. The molecule has 0 atom stereocenters. The van der Waals surface area contributed by atoms with Crippen LogP contribution in [0.5, 0.6) is 0 Å². The van der Waals surface area contributed by atoms with E-state index < -0.39 is 12.1 Å². The number of benzene rings is 2. The Hall–Kier alpha value is -4.79. The van der Waals surface area contributed by atoms with Crippen LogP contribution in [0.2, 0.25) is 0 Å². The fourth-order valence-corrected chi connectivity index (χ4v) is 6.38. The number of nitrogens with zero attached hydrogens (tertiary/aromatic N) is 4. The molecule has 0 spiro atoms. The molecule has 2 saturated heterocycles. The second kappa shape index (κ2) is 15.2. The number of alkyl halides is 3. The van der Waals surface area contributed by atoms with Gasteiger partial charge in [-0.25, -0.2) is 9.78 Å². The van der Waals surface area contributed by atoms with E-state index in [9.17, 15) is 18.0 Å². The Kier molecular flexibility index (Phi) is 10.6. The van der Waals surface area contributed by atoms with Gasteiger partial charge >= 0.3 is 12.1 Å². The van der Waals surface area contributed by atoms with Crippen molar-refractivity contribution in [2.45, 2.75) is 32.0 Å². The number of halogens is 3. The number of carbonyl (C=O) groups is 2. The van der Waals surface area contributed by atoms with Gasteiger partial charge in [0.05, 0.1) is 36.3 Å². The molecule has 0 saturated carbocycles. The minimum absolute atomic E-state index is 0.224. The van der Waals surface area contributed by atoms with Gasteiger partial charge in [0.1, 0.15) is 5.69 Å². The zero-order chi connectivity index (χ0) is 34.4. The van der Waals surface area contributed by atoms with Crippen LogP contribution in [0.25, 0.3) is 32.9 Å². The van der Waals surface area contributed by atoms with Crippen LogP contribution >= 0.6 is 0 Å². The number of aromatic amines is 2. The highest BCUT2D eigenvalue weighted by Crippen LogP contribution is 2.34. The first-order chi connectivity index (χ1) is 23.6. The van der Waals surface area contributed by atoms with E-state index in [1.807, 2.05) is 30.5 Å². The Balaban J connectivity index is 0.000000540. The summed E-state index contributed by atoms with van der Waals surface area (Å²) in [6.07, 6.45) is 2.32. The van der Waals surface area contributed by atoms with Crippen molar-refractivity contribution in [3.05, 3.63) is 78.4 Å². The van der Waals surface area contributed by atoms with Gasteiger partial charge in [-0.15, -0.1) is 0 Å². The molecule has 258 valence electrons. The molecule has 0 unspecified atom stereocenters. The smallest absolute Gasteiger partial charge is 0.475 e. The standard InChI is InChI=1S/C33H37N7O2.C2HF3O2/c41-33(37-31-19-24(20-32-28(31)21-35-38-32)26-4-2-5-29-27(26)7-11-34-29)30-6-1-3-25(36-30)22-40-13-9-23(10-14-40)8-12-39-15-17-42-18-16-39;3-2(4,5)1(6)7/h1-7,11,19-21,23,34H,8-10,12-18,22H2,(H,35,38)(H,37,41);(H,6,7). The predicted molar refractivity (Wildman–Crippen MR) is 179 cm³/mol. The highest BCUT2D eigenvalue weighted by molar-refractivity contribution is 6.09. The van der Waals surface area contributed by atoms with Gasteiger partial charge in [0.2, 0.25) is 0 Å². The van der Waals surface area contributed by atoms with Crippen LogP contribution in [0.15, 0.2) is 67.0 Å². The third-order valence-corrected chi connectivity index (χ3v) is 9.04. The first-order valence-corrected chi connectivity index (χ1v) is 16.3. The number of H-pyrrole nitrogens is 2. The number of hydrogen-bond donors (Lipinski definition) is 4. The van der Waals surface area contributed by atoms with Gasteiger partial charge in [-0.2, -0.15) is 18.3 Å². The Morgan fingerprint density at radius 3 is 2.47 bits per heavy atom. The quantitative estimate of drug-likeness (QED) is 0.159. The molecule has 2 aliphatic heterocycles. The number of pyridine rings is 1. The summed E-state index contributed by atoms with van der Waals surface area (Å²) in [5.74, 6) is -2.19. The molecule has 5 heterocycles. The monoisotopic (exact) mass is 677 g/mol. The molecule has 4 N–H and O–H groups in total. The van der Waals surface area contributed by atoms with Gasteiger partial charge in [0, 0.05) is 42.1 Å². The van der Waals surface area contributed by atoms with E-state index in [1.165, 1.54) is 25.8 Å². The molecule has 2 aliphatic rings. The van der Waals surface area contributed by atoms with E-state index in [2.05, 4.69) is 54.6 Å². The molecular formula is C35H38F3N7O4. The largest absolute Gasteiger partial charge is 0.490 e. The van der Waals surface area contributed by atoms with Crippen LogP contribution in [0.3, 0.4) is 0 Å². The molecule has 14 heteroatoms. The number of piperidine rings is 1. The molecule has 2 aromatic carbocycles. The lowest BCUT2D eigenvalue weighted by Crippen LogP contribution is -2.39. The number of hydrogen-bond acceptors (Lipinski definition) is 7. The average Bonchev–Trinajstić information content (AvgIpc) is 3.79. The summed E-state index contributed by atoms with van der Waals surface area (Å²) < 4.78 is 37.2. The van der Waals surface area contributed by atoms with Crippen LogP contribution in [0.4, 0.5) is 18.9 Å². The highest BCUT2D eigenvalue weighted by Gasteiger charge is 2.38. The minimum Gasteiger partial charge on any atom is -0.475 e. The molecule has 0 bridgehead atoms. The summed E-state index contributed by atoms with van der Waals surface area (Å²) in [5, 5.41) is 19.5. The molecule has 0 radical (unpaired) electrons. The van der Waals surface area contributed by atoms with E-state index >= 15 is 0 Å². The second-order valence-corrected chi connectivity index (χ2v) is 12.3. The molecular weight excluding hydrogens is 639 g/mol. The van der Waals surface area contributed by atoms with E-state index in [4.69, 9.17) is 19.6 Å². The summed E-state index contributed by atoms with van der Waals surface area (Å²) in [4.78, 5) is 35.4. The molecule has 3 aromatic heterocycles. The lowest BCUT2D eigenvalue weighted by Gasteiger charge is -2.33. The van der Waals surface area contributed by atoms with Crippen LogP contribution in [0, 0.1) is 5.92 Å². The number of amides is 1. The van der Waals surface area contributed by atoms with Crippen molar-refractivity contribution in [3.63, 3.8) is 0 Å². The van der Waals surface area contributed by atoms with Gasteiger partial charge in [-0.3, -0.25) is 19.7 Å². The number of anilines is 1. The van der Waals surface area contributed by atoms with Crippen molar-refractivity contribution < 1.29 is 32.6 Å². The Morgan fingerprint density at radius 1 is 0.959 bits per heavy atom. The summed E-state index contributed by atoms with van der Waals surface area (Å²) in [5.41, 5.74) is 6.08. The van der Waals surface area contributed by atoms with Crippen LogP contribution < -0.4 is 5.32 Å². The minimum atomic E-state index is -5.08. The Labute approximate surface area is 280 Å². The molecule has 49 heavy (non-hydrogen) atoms. The fraction of sp³-hybridized carbons (Fsp3) is 0.371. The molecule has 1 amide bonds. The lowest BCUT2D eigenvalue weighted by molar-refractivity contribution is -0.192. The molecule has 11 nitrogen and oxygen atoms in total. The number of rotatable bonds is 8. The number of carbonyl (C=O) groups excluding carboxylic acids is 1. The third-order valence-electron chi connectivity index (χ3n) is 9.04. The van der Waals surface area contributed by atoms with Crippen LogP contribution in [-0.2, 0) is 16.1 Å². The van der Waals surface area contributed by atoms with Crippen LogP contribution in [-0.4, -0.2) is 99.1 Å². The average molecular weight is 678 g/mol. The van der Waals surface area contributed by atoms with E-state index in [1.54, 1.807) is 12.3 Å². The SMILES string of the molecule is O=C(Nc1cc(-c2cccc3[nH]ccc23)cc2[nH]ncc12)c1cccc(CN2CCC(CCN3CCOCC3)CC2)n1.O=C(O)C(F)(F)F. The van der Waals surface area contributed by atoms with E-state index in [-0.39, 0.29) is 5.91 Å². The first-order valence-electron chi connectivity index (χ1n) is 16.3. The van der Waals surface area contributed by atoms with Gasteiger partial charge in [-0.1, -0.05) is 18.2 Å². The molecule has 0 aliphatic carbocycles. The van der Waals surface area contributed by atoms with Crippen molar-refractivity contribution in [1.82, 2.24) is 30.0 Å². The predicted octanol–water partition coefficient (Wildman–Crippen LogP) is 5.93. The number of fused-ring (bicyclic) bond motifs is 2. The molecule has 2 fully saturated rings. The first kappa shape index (κ1) is 34.1. The number of carboxylic acids is 1. The summed E-state index contributed by atoms with van der Waals surface area (Å²) in [6.45, 7) is 7.97. The lowest BCUT2D eigenvalue weighted by atomic mass is 9.93. The van der Waals surface area contributed by atoms with Crippen molar-refractivity contribution in [1.29, 1.82) is 0 Å². The van der Waals surface area contributed by atoms with E-state index in [0.29, 0.717) is 11.4 Å². The number of aliphatic carboxylic acids is 1. The third kappa shape index (κ3) is 8.63. The number of nitrogens with one attached hydrogen (secondary N) is 3. The number of ether oxygens (including phenoxy) is 1. The Morgan fingerprint density at radius 2 is 1.71 bits per heavy atom. The number of morpholine rings is 1. The normalized spacial score (nSPS) is 16.4. The zero-order valence-corrected chi connectivity index (χ0v) is 26.8. The molecule has 7 rings (SSSR count). The van der Waals surface area contributed by atoms with Crippen molar-refractivity contribution in [3.8, 4) is 11.1 Å². The van der Waals surface area contributed by atoms with Gasteiger partial charge in [0.25, 0.3) is 5.91 Å². The number of aromatic nitrogens is 4. The van der Waals surface area contributed by atoms with Gasteiger partial charge in [-0.05, 0) is 92.3 Å². The number of likely N-dealkylation sites (tertiary alicyclic amines) is 1. The van der Waals surface area contributed by atoms with Crippen molar-refractivity contribution in [2.75, 3.05) is 51.3 Å². The van der Waals surface area contributed by atoms with Crippen molar-refractivity contribution >= 4 is 39.4 Å². The zero-order valence-electron chi connectivity index (χ0n) is 26.8. The summed E-state index contributed by atoms with van der Waals surface area (Å²) in [6, 6.07) is 18.1. The summed E-state index contributed by atoms with van der Waals surface area (Å²) >= 11 is 0. The fourth-order valence-electron chi connectivity index (χ4n) is 6.38. The second-order valence-electron chi connectivity index (χ2n) is 12.3. The molecule has 5 aromatic rings. The Bertz CT molecular complexity index is 1890. The van der Waals surface area contributed by atoms with Crippen molar-refractivity contribution in [2.24, 2.45) is 5.92 Å². The van der Waals surface area contributed by atoms with Gasteiger partial charge in [0.15, 0.2) is 0 Å². The number of carboxylic acid groups (broad SMARTS) is 1. The van der Waals surface area contributed by atoms with Crippen LogP contribution in [0.1, 0.15) is 35.4 Å².